The smallest absolute Gasteiger partial charge is 0.180 e. The molecule has 1 nitrogen and oxygen atoms in total. The molecule has 94 valence electrons. The summed E-state index contributed by atoms with van der Waals surface area (Å²) in [5.74, 6) is 0.193. The molecule has 0 N–H and O–H groups in total. The van der Waals surface area contributed by atoms with Gasteiger partial charge >= 0.3 is 0 Å². The van der Waals surface area contributed by atoms with Gasteiger partial charge in [0.05, 0.1) is 8.66 Å². The summed E-state index contributed by atoms with van der Waals surface area (Å²) in [6.07, 6.45) is 0.831. The predicted octanol–water partition coefficient (Wildman–Crippen LogP) is 5.20. The summed E-state index contributed by atoms with van der Waals surface area (Å²) < 4.78 is 1.05. The summed E-state index contributed by atoms with van der Waals surface area (Å²) in [7, 11) is 0. The van der Waals surface area contributed by atoms with Crippen molar-refractivity contribution in [3.05, 3.63) is 56.2 Å². The van der Waals surface area contributed by atoms with Gasteiger partial charge in [0.2, 0.25) is 0 Å². The maximum atomic E-state index is 12.5. The summed E-state index contributed by atoms with van der Waals surface area (Å²) in [6, 6.07) is 12.0. The number of carbonyl (C=O) groups is 1. The maximum absolute atomic E-state index is 12.5. The number of carbonyl (C=O) groups excluding carboxylic acids is 1. The molecule has 0 fully saturated rings. The Labute approximate surface area is 120 Å². The number of aryl methyl sites for hydroxylation is 1. The van der Waals surface area contributed by atoms with E-state index in [-0.39, 0.29) is 11.7 Å². The van der Waals surface area contributed by atoms with Gasteiger partial charge in [-0.25, -0.2) is 0 Å². The van der Waals surface area contributed by atoms with Gasteiger partial charge in [0.1, 0.15) is 0 Å². The van der Waals surface area contributed by atoms with E-state index in [1.165, 1.54) is 11.3 Å². The number of hydrogen-bond acceptors (Lipinski definition) is 2. The third kappa shape index (κ3) is 2.73. The van der Waals surface area contributed by atoms with Crippen LogP contribution in [0.3, 0.4) is 0 Å². The lowest BCUT2D eigenvalue weighted by molar-refractivity contribution is 0.0961. The number of hydrogen-bond donors (Lipinski definition) is 0. The standard InChI is InChI=1S/C15H15BrOS/c1-3-12(11-7-5-4-6-8-11)14(17)13-9-10(2)15(16)18-13/h4-9,12H,3H2,1-2H3. The molecule has 1 aromatic carbocycles. The van der Waals surface area contributed by atoms with Gasteiger partial charge in [0.25, 0.3) is 0 Å². The van der Waals surface area contributed by atoms with Crippen LogP contribution in [0.1, 0.15) is 40.1 Å². The maximum Gasteiger partial charge on any atom is 0.180 e. The molecule has 2 rings (SSSR count). The van der Waals surface area contributed by atoms with Crippen LogP contribution < -0.4 is 0 Å². The number of thiophene rings is 1. The van der Waals surface area contributed by atoms with Crippen LogP contribution in [0.5, 0.6) is 0 Å². The van der Waals surface area contributed by atoms with Gasteiger partial charge in [-0.1, -0.05) is 37.3 Å². The van der Waals surface area contributed by atoms with Crippen LogP contribution in [0.4, 0.5) is 0 Å². The first-order chi connectivity index (χ1) is 8.63. The highest BCUT2D eigenvalue weighted by atomic mass is 79.9. The lowest BCUT2D eigenvalue weighted by Crippen LogP contribution is -2.10. The monoisotopic (exact) mass is 322 g/mol. The largest absolute Gasteiger partial charge is 0.293 e. The van der Waals surface area contributed by atoms with Gasteiger partial charge in [-0.3, -0.25) is 4.79 Å². The number of benzene rings is 1. The third-order valence-corrected chi connectivity index (χ3v) is 5.18. The number of Topliss-reactive ketones (excluding diaryl/α,β-unsaturated/α-hetero) is 1. The van der Waals surface area contributed by atoms with E-state index in [1.54, 1.807) is 0 Å². The van der Waals surface area contributed by atoms with Crippen molar-refractivity contribution in [3.63, 3.8) is 0 Å². The molecule has 0 bridgehead atoms. The van der Waals surface area contributed by atoms with Crippen molar-refractivity contribution in [2.45, 2.75) is 26.2 Å². The summed E-state index contributed by atoms with van der Waals surface area (Å²) in [5, 5.41) is 0. The van der Waals surface area contributed by atoms with E-state index in [9.17, 15) is 4.79 Å². The second kappa shape index (κ2) is 5.81. The first-order valence-corrected chi connectivity index (χ1v) is 7.59. The van der Waals surface area contributed by atoms with Crippen molar-refractivity contribution in [2.24, 2.45) is 0 Å². The van der Waals surface area contributed by atoms with E-state index >= 15 is 0 Å². The SMILES string of the molecule is CCC(C(=O)c1cc(C)c(Br)s1)c1ccccc1. The molecule has 0 aliphatic heterocycles. The molecule has 0 amide bonds. The van der Waals surface area contributed by atoms with Crippen LogP contribution in [0.25, 0.3) is 0 Å². The first kappa shape index (κ1) is 13.5. The van der Waals surface area contributed by atoms with Gasteiger partial charge < -0.3 is 0 Å². The molecule has 0 spiro atoms. The summed E-state index contributed by atoms with van der Waals surface area (Å²) in [6.45, 7) is 4.08. The van der Waals surface area contributed by atoms with Gasteiger partial charge in [-0.05, 0) is 46.5 Å². The van der Waals surface area contributed by atoms with Gasteiger partial charge in [-0.15, -0.1) is 11.3 Å². The van der Waals surface area contributed by atoms with Crippen molar-refractivity contribution < 1.29 is 4.79 Å². The molecule has 0 aliphatic rings. The number of rotatable bonds is 4. The quantitative estimate of drug-likeness (QED) is 0.707. The molecule has 0 saturated carbocycles. The highest BCUT2D eigenvalue weighted by Crippen LogP contribution is 2.32. The fourth-order valence-electron chi connectivity index (χ4n) is 2.01. The van der Waals surface area contributed by atoms with E-state index in [4.69, 9.17) is 0 Å². The van der Waals surface area contributed by atoms with Crippen molar-refractivity contribution in [1.29, 1.82) is 0 Å². The molecule has 3 heteroatoms. The Hall–Kier alpha value is -0.930. The minimum atomic E-state index is -0.0313. The average molecular weight is 323 g/mol. The zero-order valence-electron chi connectivity index (χ0n) is 10.4. The molecular weight excluding hydrogens is 308 g/mol. The Morgan fingerprint density at radius 1 is 1.33 bits per heavy atom. The van der Waals surface area contributed by atoms with Crippen molar-refractivity contribution in [3.8, 4) is 0 Å². The van der Waals surface area contributed by atoms with E-state index in [0.29, 0.717) is 0 Å². The minimum Gasteiger partial charge on any atom is -0.293 e. The second-order valence-corrected chi connectivity index (χ2v) is 6.67. The van der Waals surface area contributed by atoms with Crippen molar-refractivity contribution in [2.75, 3.05) is 0 Å². The highest BCUT2D eigenvalue weighted by Gasteiger charge is 2.22. The van der Waals surface area contributed by atoms with Crippen LogP contribution in [-0.2, 0) is 0 Å². The van der Waals surface area contributed by atoms with E-state index in [0.717, 1.165) is 26.2 Å². The van der Waals surface area contributed by atoms with Crippen LogP contribution in [0.15, 0.2) is 40.2 Å². The Morgan fingerprint density at radius 3 is 2.50 bits per heavy atom. The predicted molar refractivity (Wildman–Crippen MR) is 80.6 cm³/mol. The van der Waals surface area contributed by atoms with Crippen LogP contribution >= 0.6 is 27.3 Å². The first-order valence-electron chi connectivity index (χ1n) is 5.98. The van der Waals surface area contributed by atoms with Crippen LogP contribution in [-0.4, -0.2) is 5.78 Å². The highest BCUT2D eigenvalue weighted by molar-refractivity contribution is 9.11. The van der Waals surface area contributed by atoms with Crippen LogP contribution in [0.2, 0.25) is 0 Å². The van der Waals surface area contributed by atoms with Gasteiger partial charge in [0, 0.05) is 5.92 Å². The third-order valence-electron chi connectivity index (χ3n) is 3.03. The molecular formula is C15H15BrOS. The number of ketones is 1. The number of halogens is 1. The van der Waals surface area contributed by atoms with Crippen molar-refractivity contribution in [1.82, 2.24) is 0 Å². The Balaban J connectivity index is 2.31. The lowest BCUT2D eigenvalue weighted by Gasteiger charge is -2.12. The molecule has 1 unspecified atom stereocenters. The Kier molecular flexibility index (Phi) is 4.36. The average Bonchev–Trinajstić information content (AvgIpc) is 2.72. The molecule has 0 aliphatic carbocycles. The summed E-state index contributed by atoms with van der Waals surface area (Å²) in [5.41, 5.74) is 2.23. The molecule has 1 atom stereocenters. The lowest BCUT2D eigenvalue weighted by atomic mass is 9.91. The van der Waals surface area contributed by atoms with E-state index in [1.807, 2.05) is 43.3 Å². The molecule has 1 heterocycles. The van der Waals surface area contributed by atoms with Gasteiger partial charge in [-0.2, -0.15) is 0 Å². The topological polar surface area (TPSA) is 17.1 Å². The normalized spacial score (nSPS) is 12.4. The van der Waals surface area contributed by atoms with Gasteiger partial charge in [0.15, 0.2) is 5.78 Å². The molecule has 1 aromatic heterocycles. The fraction of sp³-hybridized carbons (Fsp3) is 0.267. The molecule has 0 saturated heterocycles. The molecule has 2 aromatic rings. The fourth-order valence-corrected chi connectivity index (χ4v) is 3.54. The summed E-state index contributed by atoms with van der Waals surface area (Å²) >= 11 is 5.01. The van der Waals surface area contributed by atoms with Crippen molar-refractivity contribution >= 4 is 33.0 Å². The minimum absolute atomic E-state index is 0.0313. The Morgan fingerprint density at radius 2 is 2.00 bits per heavy atom. The van der Waals surface area contributed by atoms with Crippen LogP contribution in [0, 0.1) is 6.92 Å². The van der Waals surface area contributed by atoms with E-state index in [2.05, 4.69) is 22.9 Å². The Bertz CT molecular complexity index is 525. The molecule has 18 heavy (non-hydrogen) atoms. The molecule has 0 radical (unpaired) electrons. The zero-order chi connectivity index (χ0) is 13.1. The summed E-state index contributed by atoms with van der Waals surface area (Å²) in [4.78, 5) is 13.4. The van der Waals surface area contributed by atoms with E-state index < -0.39 is 0 Å². The zero-order valence-corrected chi connectivity index (χ0v) is 12.8. The second-order valence-electron chi connectivity index (χ2n) is 4.30.